The van der Waals surface area contributed by atoms with Gasteiger partial charge in [-0.2, -0.15) is 0 Å². The van der Waals surface area contributed by atoms with Gasteiger partial charge in [-0.3, -0.25) is 9.59 Å². The zero-order chi connectivity index (χ0) is 17.6. The van der Waals surface area contributed by atoms with Crippen molar-refractivity contribution in [2.45, 2.75) is 39.5 Å². The van der Waals surface area contributed by atoms with Crippen molar-refractivity contribution >= 4 is 11.9 Å². The summed E-state index contributed by atoms with van der Waals surface area (Å²) in [6.07, 6.45) is -0.0767. The second kappa shape index (κ2) is 8.60. The van der Waals surface area contributed by atoms with E-state index < -0.39 is 23.5 Å². The molecule has 0 saturated heterocycles. The van der Waals surface area contributed by atoms with Crippen LogP contribution in [0.5, 0.6) is 0 Å². The number of amides is 1. The molecule has 1 atom stereocenters. The minimum atomic E-state index is -0.968. The highest BCUT2D eigenvalue weighted by molar-refractivity contribution is 5.78. The van der Waals surface area contributed by atoms with Gasteiger partial charge in [-0.15, -0.1) is 0 Å². The van der Waals surface area contributed by atoms with Gasteiger partial charge in [-0.1, -0.05) is 26.8 Å². The van der Waals surface area contributed by atoms with Gasteiger partial charge in [0.1, 0.15) is 11.6 Å². The topological polar surface area (TPSA) is 57.6 Å². The fourth-order valence-electron chi connectivity index (χ4n) is 2.39. The summed E-state index contributed by atoms with van der Waals surface area (Å²) in [4.78, 5) is 24.6. The van der Waals surface area contributed by atoms with Crippen molar-refractivity contribution in [2.75, 3.05) is 13.1 Å². The van der Waals surface area contributed by atoms with Crippen LogP contribution in [0.2, 0.25) is 0 Å². The van der Waals surface area contributed by atoms with Gasteiger partial charge < -0.3 is 10.0 Å². The summed E-state index contributed by atoms with van der Waals surface area (Å²) in [6, 6.07) is 3.30. The van der Waals surface area contributed by atoms with E-state index in [-0.39, 0.29) is 36.8 Å². The van der Waals surface area contributed by atoms with Gasteiger partial charge in [0.2, 0.25) is 5.91 Å². The van der Waals surface area contributed by atoms with Gasteiger partial charge in [0, 0.05) is 25.6 Å². The molecule has 0 aliphatic heterocycles. The average Bonchev–Trinajstić information content (AvgIpc) is 2.42. The van der Waals surface area contributed by atoms with Crippen molar-refractivity contribution in [2.24, 2.45) is 5.92 Å². The molecule has 1 amide bonds. The van der Waals surface area contributed by atoms with Crippen LogP contribution in [-0.2, 0) is 9.59 Å². The largest absolute Gasteiger partial charge is 0.481 e. The van der Waals surface area contributed by atoms with Gasteiger partial charge in [-0.05, 0) is 23.5 Å². The van der Waals surface area contributed by atoms with Crippen LogP contribution in [0.15, 0.2) is 18.2 Å². The quantitative estimate of drug-likeness (QED) is 0.796. The number of benzene rings is 1. The predicted octanol–water partition coefficient (Wildman–Crippen LogP) is 3.42. The molecule has 0 aliphatic carbocycles. The number of hydrogen-bond acceptors (Lipinski definition) is 2. The minimum absolute atomic E-state index is 0.0505. The summed E-state index contributed by atoms with van der Waals surface area (Å²) in [5.41, 5.74) is 0.280. The van der Waals surface area contributed by atoms with E-state index in [2.05, 4.69) is 0 Å². The van der Waals surface area contributed by atoms with Gasteiger partial charge in [0.25, 0.3) is 0 Å². The van der Waals surface area contributed by atoms with E-state index in [0.29, 0.717) is 6.54 Å². The molecule has 6 heteroatoms. The van der Waals surface area contributed by atoms with Crippen LogP contribution >= 0.6 is 0 Å². The summed E-state index contributed by atoms with van der Waals surface area (Å²) in [7, 11) is 0. The summed E-state index contributed by atoms with van der Waals surface area (Å²) in [5, 5.41) is 8.78. The molecule has 0 spiro atoms. The van der Waals surface area contributed by atoms with Crippen molar-refractivity contribution in [3.05, 3.63) is 35.4 Å². The first kappa shape index (κ1) is 19.1. The second-order valence-electron chi connectivity index (χ2n) is 6.15. The Bertz CT molecular complexity index is 561. The standard InChI is InChI=1S/C17H23F2NO3/c1-11(2)10-20(7-6-17(22)23)16(21)8-12(3)14-5-4-13(18)9-15(14)19/h4-5,9,11-12H,6-8,10H2,1-3H3,(H,22,23). The van der Waals surface area contributed by atoms with Crippen molar-refractivity contribution < 1.29 is 23.5 Å². The first-order valence-corrected chi connectivity index (χ1v) is 7.65. The predicted molar refractivity (Wildman–Crippen MR) is 83.1 cm³/mol. The lowest BCUT2D eigenvalue weighted by molar-refractivity contribution is -0.138. The molecule has 0 radical (unpaired) electrons. The number of halogens is 2. The highest BCUT2D eigenvalue weighted by Gasteiger charge is 2.21. The smallest absolute Gasteiger partial charge is 0.305 e. The van der Waals surface area contributed by atoms with Crippen LogP contribution in [0.25, 0.3) is 0 Å². The first-order valence-electron chi connectivity index (χ1n) is 7.65. The van der Waals surface area contributed by atoms with E-state index in [1.54, 1.807) is 6.92 Å². The third kappa shape index (κ3) is 6.34. The van der Waals surface area contributed by atoms with E-state index in [1.807, 2.05) is 13.8 Å². The second-order valence-corrected chi connectivity index (χ2v) is 6.15. The molecule has 0 bridgehead atoms. The molecule has 23 heavy (non-hydrogen) atoms. The Morgan fingerprint density at radius 1 is 1.22 bits per heavy atom. The van der Waals surface area contributed by atoms with Gasteiger partial charge in [0.15, 0.2) is 0 Å². The molecule has 0 saturated carbocycles. The third-order valence-electron chi connectivity index (χ3n) is 3.51. The molecular weight excluding hydrogens is 304 g/mol. The van der Waals surface area contributed by atoms with Crippen molar-refractivity contribution in [3.8, 4) is 0 Å². The van der Waals surface area contributed by atoms with E-state index in [4.69, 9.17) is 5.11 Å². The van der Waals surface area contributed by atoms with Crippen LogP contribution in [0.3, 0.4) is 0 Å². The first-order chi connectivity index (χ1) is 10.7. The Labute approximate surface area is 135 Å². The van der Waals surface area contributed by atoms with Gasteiger partial charge in [0.05, 0.1) is 6.42 Å². The van der Waals surface area contributed by atoms with Crippen molar-refractivity contribution in [1.82, 2.24) is 4.90 Å². The highest BCUT2D eigenvalue weighted by atomic mass is 19.1. The Morgan fingerprint density at radius 3 is 2.39 bits per heavy atom. The molecule has 1 rings (SSSR count). The number of carbonyl (C=O) groups excluding carboxylic acids is 1. The maximum absolute atomic E-state index is 13.8. The van der Waals surface area contributed by atoms with Crippen LogP contribution < -0.4 is 0 Å². The van der Waals surface area contributed by atoms with Crippen LogP contribution in [-0.4, -0.2) is 35.0 Å². The van der Waals surface area contributed by atoms with Gasteiger partial charge in [-0.25, -0.2) is 8.78 Å². The normalized spacial score (nSPS) is 12.3. The zero-order valence-electron chi connectivity index (χ0n) is 13.7. The molecule has 0 aromatic heterocycles. The molecule has 128 valence electrons. The monoisotopic (exact) mass is 327 g/mol. The van der Waals surface area contributed by atoms with Crippen LogP contribution in [0.1, 0.15) is 45.1 Å². The highest BCUT2D eigenvalue weighted by Crippen LogP contribution is 2.24. The molecule has 0 aliphatic rings. The molecule has 1 aromatic carbocycles. The molecule has 4 nitrogen and oxygen atoms in total. The lowest BCUT2D eigenvalue weighted by atomic mass is 9.96. The van der Waals surface area contributed by atoms with Crippen LogP contribution in [0, 0.1) is 17.6 Å². The fraction of sp³-hybridized carbons (Fsp3) is 0.529. The Hall–Kier alpha value is -1.98. The van der Waals surface area contributed by atoms with Crippen molar-refractivity contribution in [1.29, 1.82) is 0 Å². The summed E-state index contributed by atoms with van der Waals surface area (Å²) < 4.78 is 26.7. The lowest BCUT2D eigenvalue weighted by Gasteiger charge is -2.25. The van der Waals surface area contributed by atoms with Crippen molar-refractivity contribution in [3.63, 3.8) is 0 Å². The van der Waals surface area contributed by atoms with E-state index in [1.165, 1.54) is 11.0 Å². The van der Waals surface area contributed by atoms with Crippen LogP contribution in [0.4, 0.5) is 8.78 Å². The van der Waals surface area contributed by atoms with Gasteiger partial charge >= 0.3 is 5.97 Å². The fourth-order valence-corrected chi connectivity index (χ4v) is 2.39. The van der Waals surface area contributed by atoms with E-state index in [9.17, 15) is 18.4 Å². The number of hydrogen-bond donors (Lipinski definition) is 1. The summed E-state index contributed by atoms with van der Waals surface area (Å²) in [5.74, 6) is -2.74. The molecule has 0 fully saturated rings. The number of carboxylic acids is 1. The van der Waals surface area contributed by atoms with E-state index in [0.717, 1.165) is 12.1 Å². The Morgan fingerprint density at radius 2 is 1.87 bits per heavy atom. The lowest BCUT2D eigenvalue weighted by Crippen LogP contribution is -2.36. The maximum Gasteiger partial charge on any atom is 0.305 e. The number of nitrogens with zero attached hydrogens (tertiary/aromatic N) is 1. The number of carbonyl (C=O) groups is 2. The summed E-state index contributed by atoms with van der Waals surface area (Å²) >= 11 is 0. The molecule has 1 N–H and O–H groups in total. The number of aliphatic carboxylic acids is 1. The maximum atomic E-state index is 13.8. The summed E-state index contributed by atoms with van der Waals surface area (Å²) in [6.45, 7) is 6.14. The SMILES string of the molecule is CC(C)CN(CCC(=O)O)C(=O)CC(C)c1ccc(F)cc1F. The number of carboxylic acid groups (broad SMARTS) is 1. The molecule has 1 aromatic rings. The average molecular weight is 327 g/mol. The Kier molecular flexibility index (Phi) is 7.13. The number of rotatable bonds is 8. The molecular formula is C17H23F2NO3. The zero-order valence-corrected chi connectivity index (χ0v) is 13.7. The van der Waals surface area contributed by atoms with E-state index >= 15 is 0 Å². The molecule has 0 heterocycles. The minimum Gasteiger partial charge on any atom is -0.481 e. The molecule has 1 unspecified atom stereocenters. The Balaban J connectivity index is 2.77. The third-order valence-corrected chi connectivity index (χ3v) is 3.51.